The fourth-order valence-corrected chi connectivity index (χ4v) is 4.33. The molecule has 3 aromatic carbocycles. The molecular formula is C29H26F3NO3. The van der Waals surface area contributed by atoms with Crippen LogP contribution in [0.3, 0.4) is 0 Å². The first-order chi connectivity index (χ1) is 17.1. The molecule has 0 fully saturated rings. The number of carbonyl (C=O) groups is 2. The van der Waals surface area contributed by atoms with Crippen molar-refractivity contribution in [2.75, 3.05) is 0 Å². The van der Waals surface area contributed by atoms with E-state index in [1.165, 1.54) is 12.1 Å². The molecule has 186 valence electrons. The third-order valence-electron chi connectivity index (χ3n) is 6.36. The second kappa shape index (κ2) is 10.4. The van der Waals surface area contributed by atoms with Gasteiger partial charge in [0.1, 0.15) is 6.61 Å². The number of carbonyl (C=O) groups excluding carboxylic acids is 2. The smallest absolute Gasteiger partial charge is 0.416 e. The minimum absolute atomic E-state index is 0.0437. The number of aryl methyl sites for hydroxylation is 1. The number of benzene rings is 3. The van der Waals surface area contributed by atoms with Crippen LogP contribution in [0, 0.1) is 6.92 Å². The molecule has 1 atom stereocenters. The summed E-state index contributed by atoms with van der Waals surface area (Å²) in [6.07, 6.45) is -4.53. The Hall–Kier alpha value is -3.87. The molecular weight excluding hydrogens is 467 g/mol. The molecule has 1 aliphatic heterocycles. The predicted octanol–water partition coefficient (Wildman–Crippen LogP) is 6.55. The lowest BCUT2D eigenvalue weighted by Gasteiger charge is -2.34. The summed E-state index contributed by atoms with van der Waals surface area (Å²) in [4.78, 5) is 28.1. The van der Waals surface area contributed by atoms with Gasteiger partial charge >= 0.3 is 12.1 Å². The lowest BCUT2D eigenvalue weighted by molar-refractivity contribution is -0.142. The summed E-state index contributed by atoms with van der Waals surface area (Å²) >= 11 is 0. The normalized spacial score (nSPS) is 16.3. The molecule has 0 spiro atoms. The Labute approximate surface area is 208 Å². The summed E-state index contributed by atoms with van der Waals surface area (Å²) in [6.45, 7) is 3.97. The van der Waals surface area contributed by atoms with Crippen LogP contribution in [0.1, 0.15) is 47.1 Å². The number of allylic oxidation sites excluding steroid dienone is 1. The Kier molecular flexibility index (Phi) is 7.29. The van der Waals surface area contributed by atoms with Crippen molar-refractivity contribution in [3.05, 3.63) is 118 Å². The highest BCUT2D eigenvalue weighted by atomic mass is 19.4. The van der Waals surface area contributed by atoms with E-state index in [1.54, 1.807) is 11.8 Å². The summed E-state index contributed by atoms with van der Waals surface area (Å²) in [7, 11) is 0. The zero-order chi connectivity index (χ0) is 25.9. The van der Waals surface area contributed by atoms with E-state index in [1.807, 2.05) is 61.5 Å². The first-order valence-corrected chi connectivity index (χ1v) is 11.6. The number of hydrogen-bond acceptors (Lipinski definition) is 3. The fourth-order valence-electron chi connectivity index (χ4n) is 4.33. The van der Waals surface area contributed by atoms with Crippen molar-refractivity contribution >= 4 is 11.9 Å². The molecule has 0 saturated carbocycles. The third-order valence-corrected chi connectivity index (χ3v) is 6.36. The van der Waals surface area contributed by atoms with E-state index in [-0.39, 0.29) is 31.1 Å². The van der Waals surface area contributed by atoms with E-state index in [0.29, 0.717) is 11.3 Å². The molecule has 0 N–H and O–H groups in total. The molecule has 0 aromatic heterocycles. The first kappa shape index (κ1) is 25.2. The Morgan fingerprint density at radius 2 is 1.56 bits per heavy atom. The van der Waals surface area contributed by atoms with Crippen molar-refractivity contribution in [3.8, 4) is 0 Å². The van der Waals surface area contributed by atoms with E-state index in [4.69, 9.17) is 4.74 Å². The van der Waals surface area contributed by atoms with Gasteiger partial charge < -0.3 is 9.64 Å². The summed E-state index contributed by atoms with van der Waals surface area (Å²) in [5.41, 5.74) is 3.17. The molecule has 1 aliphatic rings. The van der Waals surface area contributed by atoms with Crippen LogP contribution in [0.4, 0.5) is 13.2 Å². The van der Waals surface area contributed by atoms with Crippen LogP contribution >= 0.6 is 0 Å². The van der Waals surface area contributed by atoms with Gasteiger partial charge in [0.15, 0.2) is 0 Å². The molecule has 3 aromatic rings. The van der Waals surface area contributed by atoms with Gasteiger partial charge in [-0.05, 0) is 42.7 Å². The summed E-state index contributed by atoms with van der Waals surface area (Å²) < 4.78 is 44.9. The van der Waals surface area contributed by atoms with Crippen LogP contribution in [-0.2, 0) is 33.7 Å². The van der Waals surface area contributed by atoms with Crippen molar-refractivity contribution < 1.29 is 27.5 Å². The Balaban J connectivity index is 1.68. The van der Waals surface area contributed by atoms with Crippen molar-refractivity contribution in [1.82, 2.24) is 4.90 Å². The maximum atomic E-state index is 13.3. The topological polar surface area (TPSA) is 46.6 Å². The van der Waals surface area contributed by atoms with Gasteiger partial charge in [0, 0.05) is 18.0 Å². The molecule has 0 saturated heterocycles. The zero-order valence-corrected chi connectivity index (χ0v) is 20.0. The highest BCUT2D eigenvalue weighted by molar-refractivity contribution is 5.95. The van der Waals surface area contributed by atoms with Crippen molar-refractivity contribution in [2.24, 2.45) is 0 Å². The highest BCUT2D eigenvalue weighted by Crippen LogP contribution is 2.39. The number of alkyl halides is 3. The van der Waals surface area contributed by atoms with E-state index < -0.39 is 23.6 Å². The van der Waals surface area contributed by atoms with Gasteiger partial charge in [-0.15, -0.1) is 0 Å². The number of nitrogens with zero attached hydrogens (tertiary/aromatic N) is 1. The molecule has 0 aliphatic carbocycles. The molecule has 1 amide bonds. The van der Waals surface area contributed by atoms with Crippen LogP contribution in [0.5, 0.6) is 0 Å². The van der Waals surface area contributed by atoms with Gasteiger partial charge in [0.2, 0.25) is 5.91 Å². The predicted molar refractivity (Wildman–Crippen MR) is 129 cm³/mol. The van der Waals surface area contributed by atoms with Gasteiger partial charge in [-0.1, -0.05) is 72.3 Å². The van der Waals surface area contributed by atoms with Crippen LogP contribution in [0.15, 0.2) is 90.1 Å². The average Bonchev–Trinajstić information content (AvgIpc) is 2.86. The van der Waals surface area contributed by atoms with Crippen LogP contribution in [-0.4, -0.2) is 16.8 Å². The second-order valence-electron chi connectivity index (χ2n) is 8.90. The summed E-state index contributed by atoms with van der Waals surface area (Å²) in [5.74, 6) is -1.52. The largest absolute Gasteiger partial charge is 0.457 e. The number of halogens is 3. The highest BCUT2D eigenvalue weighted by Gasteiger charge is 2.37. The fraction of sp³-hybridized carbons (Fsp3) is 0.241. The lowest BCUT2D eigenvalue weighted by Crippen LogP contribution is -2.38. The van der Waals surface area contributed by atoms with Crippen molar-refractivity contribution in [3.63, 3.8) is 0 Å². The third kappa shape index (κ3) is 5.67. The summed E-state index contributed by atoms with van der Waals surface area (Å²) in [6, 6.07) is 21.5. The maximum absolute atomic E-state index is 13.3. The molecule has 1 unspecified atom stereocenters. The van der Waals surface area contributed by atoms with Crippen molar-refractivity contribution in [1.29, 1.82) is 0 Å². The number of amides is 1. The average molecular weight is 494 g/mol. The number of esters is 1. The molecule has 7 heteroatoms. The minimum Gasteiger partial charge on any atom is -0.457 e. The monoisotopic (exact) mass is 493 g/mol. The van der Waals surface area contributed by atoms with E-state index >= 15 is 0 Å². The molecule has 4 rings (SSSR count). The van der Waals surface area contributed by atoms with Crippen LogP contribution in [0.25, 0.3) is 0 Å². The van der Waals surface area contributed by atoms with E-state index in [0.717, 1.165) is 28.8 Å². The zero-order valence-electron chi connectivity index (χ0n) is 20.0. The molecule has 36 heavy (non-hydrogen) atoms. The minimum atomic E-state index is -4.48. The van der Waals surface area contributed by atoms with Crippen LogP contribution < -0.4 is 0 Å². The first-order valence-electron chi connectivity index (χ1n) is 11.6. The van der Waals surface area contributed by atoms with Gasteiger partial charge in [-0.2, -0.15) is 13.2 Å². The number of ether oxygens (including phenoxy) is 1. The number of rotatable bonds is 6. The summed E-state index contributed by atoms with van der Waals surface area (Å²) in [5, 5.41) is 0. The number of hydrogen-bond donors (Lipinski definition) is 0. The quantitative estimate of drug-likeness (QED) is 0.366. The SMILES string of the molecule is CC1=C(C(=O)OCc2ccccc2)C(c2ccc(C(F)(F)F)cc2)CC(=O)N1Cc1ccc(C)cc1. The Morgan fingerprint density at radius 3 is 2.17 bits per heavy atom. The maximum Gasteiger partial charge on any atom is 0.416 e. The molecule has 1 heterocycles. The van der Waals surface area contributed by atoms with Crippen molar-refractivity contribution in [2.45, 2.75) is 45.5 Å². The standard InChI is InChI=1S/C29H26F3NO3/c1-19-8-10-21(11-9-19)17-33-20(2)27(28(35)36-18-22-6-4-3-5-7-22)25(16-26(33)34)23-12-14-24(15-13-23)29(30,31)32/h3-15,25H,16-18H2,1-2H3. The van der Waals surface area contributed by atoms with E-state index in [9.17, 15) is 22.8 Å². The van der Waals surface area contributed by atoms with Gasteiger partial charge in [0.25, 0.3) is 0 Å². The molecule has 0 radical (unpaired) electrons. The Morgan fingerprint density at radius 1 is 0.917 bits per heavy atom. The molecule has 4 nitrogen and oxygen atoms in total. The molecule has 0 bridgehead atoms. The second-order valence-corrected chi connectivity index (χ2v) is 8.90. The Bertz CT molecular complexity index is 1260. The van der Waals surface area contributed by atoms with Crippen LogP contribution in [0.2, 0.25) is 0 Å². The van der Waals surface area contributed by atoms with Gasteiger partial charge in [-0.25, -0.2) is 4.79 Å². The van der Waals surface area contributed by atoms with Gasteiger partial charge in [0.05, 0.1) is 17.7 Å². The van der Waals surface area contributed by atoms with E-state index in [2.05, 4.69) is 0 Å². The van der Waals surface area contributed by atoms with Gasteiger partial charge in [-0.3, -0.25) is 4.79 Å². The lowest BCUT2D eigenvalue weighted by atomic mass is 9.83.